The molecule has 3 aromatic rings. The fourth-order valence-electron chi connectivity index (χ4n) is 5.07. The number of hydrogen-bond donors (Lipinski definition) is 1. The molecule has 0 saturated heterocycles. The molecule has 0 bridgehead atoms. The number of hydrogen-bond acceptors (Lipinski definition) is 5. The van der Waals surface area contributed by atoms with Gasteiger partial charge in [0.15, 0.2) is 0 Å². The first-order valence-electron chi connectivity index (χ1n) is 13.6. The molecule has 1 aromatic heterocycles. The van der Waals surface area contributed by atoms with Crippen LogP contribution in [0, 0.1) is 5.92 Å². The van der Waals surface area contributed by atoms with E-state index in [9.17, 15) is 18.0 Å². The Labute approximate surface area is 242 Å². The zero-order chi connectivity index (χ0) is 29.2. The summed E-state index contributed by atoms with van der Waals surface area (Å²) < 4.78 is 28.7. The van der Waals surface area contributed by atoms with E-state index in [1.807, 2.05) is 18.7 Å². The van der Waals surface area contributed by atoms with Crippen LogP contribution in [0.25, 0.3) is 0 Å². The number of amides is 2. The summed E-state index contributed by atoms with van der Waals surface area (Å²) >= 11 is 1.70. The van der Waals surface area contributed by atoms with Gasteiger partial charge in [-0.15, -0.1) is 11.3 Å². The number of benzene rings is 2. The van der Waals surface area contributed by atoms with Crippen molar-refractivity contribution in [3.63, 3.8) is 0 Å². The number of nitrogens with one attached hydrogen (secondary N) is 1. The lowest BCUT2D eigenvalue weighted by atomic mass is 9.85. The summed E-state index contributed by atoms with van der Waals surface area (Å²) in [6.07, 6.45) is 0.747. The lowest BCUT2D eigenvalue weighted by Crippen LogP contribution is -2.47. The van der Waals surface area contributed by atoms with Crippen LogP contribution in [0.4, 0.5) is 5.69 Å². The first-order valence-corrected chi connectivity index (χ1v) is 15.9. The number of rotatable bonds is 8. The molecule has 0 unspecified atom stereocenters. The van der Waals surface area contributed by atoms with Gasteiger partial charge in [-0.25, -0.2) is 8.42 Å². The van der Waals surface area contributed by atoms with Gasteiger partial charge in [-0.05, 0) is 70.2 Å². The minimum Gasteiger partial charge on any atom is -0.330 e. The van der Waals surface area contributed by atoms with E-state index in [1.54, 1.807) is 23.5 Å². The average Bonchev–Trinajstić information content (AvgIpc) is 3.36. The van der Waals surface area contributed by atoms with Crippen molar-refractivity contribution in [2.24, 2.45) is 5.92 Å². The number of carbonyl (C=O) groups excluding carboxylic acids is 2. The molecule has 9 heteroatoms. The maximum Gasteiger partial charge on any atom is 0.243 e. The van der Waals surface area contributed by atoms with Gasteiger partial charge in [-0.2, -0.15) is 4.31 Å². The average molecular weight is 582 g/mol. The lowest BCUT2D eigenvalue weighted by molar-refractivity contribution is -0.133. The van der Waals surface area contributed by atoms with Gasteiger partial charge in [-0.3, -0.25) is 9.59 Å². The van der Waals surface area contributed by atoms with Crippen molar-refractivity contribution in [1.29, 1.82) is 0 Å². The van der Waals surface area contributed by atoms with E-state index >= 15 is 0 Å². The molecule has 1 N–H and O–H groups in total. The zero-order valence-corrected chi connectivity index (χ0v) is 25.7. The van der Waals surface area contributed by atoms with Crippen molar-refractivity contribution >= 4 is 38.9 Å². The number of fused-ring (bicyclic) bond motifs is 1. The topological polar surface area (TPSA) is 86.8 Å². The fraction of sp³-hybridized carbons (Fsp3) is 0.419. The van der Waals surface area contributed by atoms with Crippen LogP contribution in [-0.4, -0.2) is 49.1 Å². The summed E-state index contributed by atoms with van der Waals surface area (Å²) in [5.74, 6) is -0.437. The predicted octanol–water partition coefficient (Wildman–Crippen LogP) is 5.83. The molecule has 7 nitrogen and oxygen atoms in total. The third-order valence-electron chi connectivity index (χ3n) is 7.07. The second-order valence-corrected chi connectivity index (χ2v) is 14.7. The molecule has 2 aromatic carbocycles. The monoisotopic (exact) mass is 581 g/mol. The quantitative estimate of drug-likeness (QED) is 0.363. The molecule has 4 rings (SSSR count). The van der Waals surface area contributed by atoms with E-state index in [4.69, 9.17) is 0 Å². The SMILES string of the molecule is CC(=O)Nc1ccc(S(=O)(=O)N(CC(=O)N2CCc3sccc3[C@@H]2c2ccc(C(C)(C)C)cc2)CC(C)C)cc1. The van der Waals surface area contributed by atoms with Gasteiger partial charge in [-0.1, -0.05) is 58.9 Å². The molecule has 0 saturated carbocycles. The van der Waals surface area contributed by atoms with Crippen molar-refractivity contribution in [2.75, 3.05) is 25.0 Å². The summed E-state index contributed by atoms with van der Waals surface area (Å²) in [7, 11) is -3.95. The van der Waals surface area contributed by atoms with Crippen LogP contribution in [0.2, 0.25) is 0 Å². The Morgan fingerprint density at radius 3 is 2.27 bits per heavy atom. The number of nitrogens with zero attached hydrogens (tertiary/aromatic N) is 2. The fourth-order valence-corrected chi connectivity index (χ4v) is 7.53. The summed E-state index contributed by atoms with van der Waals surface area (Å²) in [5, 5.41) is 4.72. The molecule has 1 aliphatic heterocycles. The van der Waals surface area contributed by atoms with Crippen molar-refractivity contribution in [3.05, 3.63) is 81.5 Å². The zero-order valence-electron chi connectivity index (χ0n) is 24.1. The minimum atomic E-state index is -3.95. The molecule has 0 aliphatic carbocycles. The van der Waals surface area contributed by atoms with Crippen LogP contribution in [-0.2, 0) is 31.4 Å². The lowest BCUT2D eigenvalue weighted by Gasteiger charge is -2.38. The summed E-state index contributed by atoms with van der Waals surface area (Å²) in [5.41, 5.74) is 3.88. The highest BCUT2D eigenvalue weighted by atomic mass is 32.2. The van der Waals surface area contributed by atoms with Crippen LogP contribution in [0.3, 0.4) is 0 Å². The number of anilines is 1. The second kappa shape index (κ2) is 11.8. The largest absolute Gasteiger partial charge is 0.330 e. The highest BCUT2D eigenvalue weighted by molar-refractivity contribution is 7.89. The number of carbonyl (C=O) groups is 2. The van der Waals surface area contributed by atoms with Gasteiger partial charge >= 0.3 is 0 Å². The molecule has 2 heterocycles. The smallest absolute Gasteiger partial charge is 0.243 e. The van der Waals surface area contributed by atoms with Gasteiger partial charge < -0.3 is 10.2 Å². The number of sulfonamides is 1. The van der Waals surface area contributed by atoms with Gasteiger partial charge in [0.25, 0.3) is 0 Å². The molecule has 0 spiro atoms. The summed E-state index contributed by atoms with van der Waals surface area (Å²) in [6, 6.07) is 16.3. The highest BCUT2D eigenvalue weighted by Crippen LogP contribution is 2.38. The predicted molar refractivity (Wildman–Crippen MR) is 161 cm³/mol. The Balaban J connectivity index is 1.64. The summed E-state index contributed by atoms with van der Waals surface area (Å²) in [6.45, 7) is 12.3. The second-order valence-electron chi connectivity index (χ2n) is 11.8. The molecule has 40 heavy (non-hydrogen) atoms. The highest BCUT2D eigenvalue weighted by Gasteiger charge is 2.36. The Morgan fingerprint density at radius 1 is 1.05 bits per heavy atom. The van der Waals surface area contributed by atoms with Gasteiger partial charge in [0, 0.05) is 30.6 Å². The van der Waals surface area contributed by atoms with E-state index in [-0.39, 0.29) is 47.2 Å². The molecular weight excluding hydrogens is 542 g/mol. The van der Waals surface area contributed by atoms with Crippen molar-refractivity contribution in [2.45, 2.75) is 64.3 Å². The first kappa shape index (κ1) is 30.0. The summed E-state index contributed by atoms with van der Waals surface area (Å²) in [4.78, 5) is 28.5. The molecular formula is C31H39N3O4S2. The van der Waals surface area contributed by atoms with Crippen LogP contribution in [0.15, 0.2) is 64.9 Å². The first-order chi connectivity index (χ1) is 18.8. The Kier molecular flexibility index (Phi) is 8.87. The van der Waals surface area contributed by atoms with Crippen LogP contribution < -0.4 is 5.32 Å². The normalized spacial score (nSPS) is 15.8. The Hall–Kier alpha value is -3.01. The number of thiophene rings is 1. The Bertz CT molecular complexity index is 1450. The van der Waals surface area contributed by atoms with Gasteiger partial charge in [0.1, 0.15) is 0 Å². The van der Waals surface area contributed by atoms with E-state index in [2.05, 4.69) is 61.8 Å². The maximum absolute atomic E-state index is 14.0. The van der Waals surface area contributed by atoms with E-state index in [0.29, 0.717) is 12.2 Å². The molecule has 1 aliphatic rings. The van der Waals surface area contributed by atoms with Gasteiger partial charge in [0.05, 0.1) is 17.5 Å². The molecule has 0 radical (unpaired) electrons. The minimum absolute atomic E-state index is 0.0141. The molecule has 214 valence electrons. The standard InChI is InChI=1S/C31H39N3O4S2/c1-21(2)19-33(40(37,38)26-13-11-25(12-14-26)32-22(3)35)20-29(36)34-17-15-28-27(16-18-39-28)30(34)23-7-9-24(10-8-23)31(4,5)6/h7-14,16,18,21,30H,15,17,19-20H2,1-6H3,(H,32,35)/t30-/m0/s1. The molecule has 1 atom stereocenters. The third-order valence-corrected chi connectivity index (χ3v) is 9.89. The van der Waals surface area contributed by atoms with Crippen molar-refractivity contribution in [1.82, 2.24) is 9.21 Å². The molecule has 2 amide bonds. The van der Waals surface area contributed by atoms with Crippen molar-refractivity contribution in [3.8, 4) is 0 Å². The van der Waals surface area contributed by atoms with Crippen LogP contribution >= 0.6 is 11.3 Å². The third kappa shape index (κ3) is 6.65. The van der Waals surface area contributed by atoms with Crippen molar-refractivity contribution < 1.29 is 18.0 Å². The molecule has 0 fully saturated rings. The van der Waals surface area contributed by atoms with E-state index in [0.717, 1.165) is 17.5 Å². The van der Waals surface area contributed by atoms with E-state index < -0.39 is 10.0 Å². The van der Waals surface area contributed by atoms with Crippen LogP contribution in [0.1, 0.15) is 69.2 Å². The Morgan fingerprint density at radius 2 is 1.70 bits per heavy atom. The maximum atomic E-state index is 14.0. The van der Waals surface area contributed by atoms with E-state index in [1.165, 1.54) is 33.8 Å². The van der Waals surface area contributed by atoms with Gasteiger partial charge in [0.2, 0.25) is 21.8 Å². The van der Waals surface area contributed by atoms with Crippen LogP contribution in [0.5, 0.6) is 0 Å².